The number of aliphatic hydroxyl groups is 1. The molecule has 2 aromatic carbocycles. The molecular formula is C26H24N4O5. The summed E-state index contributed by atoms with van der Waals surface area (Å²) in [6, 6.07) is 11.2. The van der Waals surface area contributed by atoms with Crippen LogP contribution in [0, 0.1) is 6.57 Å². The number of benzene rings is 2. The Bertz CT molecular complexity index is 1270. The lowest BCUT2D eigenvalue weighted by Crippen LogP contribution is -2.54. The van der Waals surface area contributed by atoms with Gasteiger partial charge in [0.2, 0.25) is 11.8 Å². The number of nitrogens with zero attached hydrogens (tertiary/aromatic N) is 3. The van der Waals surface area contributed by atoms with Crippen LogP contribution in [0.15, 0.2) is 42.5 Å². The van der Waals surface area contributed by atoms with Gasteiger partial charge in [0.25, 0.3) is 11.8 Å². The molecule has 0 spiro atoms. The monoisotopic (exact) mass is 472 g/mol. The van der Waals surface area contributed by atoms with Crippen molar-refractivity contribution < 1.29 is 24.3 Å². The van der Waals surface area contributed by atoms with E-state index < -0.39 is 35.3 Å². The Kier molecular flexibility index (Phi) is 5.71. The van der Waals surface area contributed by atoms with E-state index in [-0.39, 0.29) is 24.0 Å². The van der Waals surface area contributed by atoms with E-state index in [4.69, 9.17) is 6.57 Å². The van der Waals surface area contributed by atoms with Gasteiger partial charge in [-0.05, 0) is 42.5 Å². The lowest BCUT2D eigenvalue weighted by atomic mass is 9.83. The van der Waals surface area contributed by atoms with Gasteiger partial charge < -0.3 is 5.11 Å². The SMILES string of the molecule is [C-]#[N+]c1ccc(CN2CCC(O)(c3ccc4c(c3)C(=O)N(C3CCC(=O)NC3=O)C4=O)CC2)cc1. The lowest BCUT2D eigenvalue weighted by Gasteiger charge is -2.38. The summed E-state index contributed by atoms with van der Waals surface area (Å²) in [6.07, 6.45) is 1.09. The average molecular weight is 473 g/mol. The molecule has 3 heterocycles. The van der Waals surface area contributed by atoms with Gasteiger partial charge in [-0.1, -0.05) is 30.3 Å². The first-order valence-electron chi connectivity index (χ1n) is 11.6. The molecule has 2 aromatic rings. The summed E-state index contributed by atoms with van der Waals surface area (Å²) in [4.78, 5) is 56.3. The molecule has 2 saturated heterocycles. The zero-order valence-electron chi connectivity index (χ0n) is 19.0. The molecule has 0 bridgehead atoms. The smallest absolute Gasteiger partial charge is 0.262 e. The topological polar surface area (TPSA) is 111 Å². The first-order chi connectivity index (χ1) is 16.8. The Labute approximate surface area is 202 Å². The van der Waals surface area contributed by atoms with Crippen molar-refractivity contribution in [2.75, 3.05) is 13.1 Å². The molecule has 9 nitrogen and oxygen atoms in total. The number of amides is 4. The maximum atomic E-state index is 13.1. The summed E-state index contributed by atoms with van der Waals surface area (Å²) >= 11 is 0. The Balaban J connectivity index is 1.29. The Morgan fingerprint density at radius 3 is 2.34 bits per heavy atom. The highest BCUT2D eigenvalue weighted by Gasteiger charge is 2.45. The minimum absolute atomic E-state index is 0.0645. The molecule has 4 amide bonds. The van der Waals surface area contributed by atoms with Crippen molar-refractivity contribution in [3.63, 3.8) is 0 Å². The summed E-state index contributed by atoms with van der Waals surface area (Å²) in [5.74, 6) is -2.20. The standard InChI is InChI=1S/C26H24N4O5/c1-27-18-5-2-16(3-6-18)15-29-12-10-26(35,11-13-29)17-4-7-19-20(14-17)25(34)30(24(19)33)21-8-9-22(31)28-23(21)32/h2-7,14,21,35H,8-13,15H2,(H,28,31,32). The number of nitrogens with one attached hydrogen (secondary N) is 1. The fourth-order valence-corrected chi connectivity index (χ4v) is 5.06. The van der Waals surface area contributed by atoms with E-state index in [1.807, 2.05) is 12.1 Å². The van der Waals surface area contributed by atoms with Crippen LogP contribution >= 0.6 is 0 Å². The van der Waals surface area contributed by atoms with E-state index in [1.165, 1.54) is 0 Å². The second-order valence-corrected chi connectivity index (χ2v) is 9.29. The minimum Gasteiger partial charge on any atom is -0.385 e. The molecule has 0 saturated carbocycles. The van der Waals surface area contributed by atoms with Gasteiger partial charge in [0, 0.05) is 26.1 Å². The van der Waals surface area contributed by atoms with E-state index in [2.05, 4.69) is 15.1 Å². The van der Waals surface area contributed by atoms with E-state index in [9.17, 15) is 24.3 Å². The number of imide groups is 2. The fraction of sp³-hybridized carbons (Fsp3) is 0.346. The molecule has 178 valence electrons. The molecule has 2 N–H and O–H groups in total. The van der Waals surface area contributed by atoms with Crippen LogP contribution in [0.5, 0.6) is 0 Å². The van der Waals surface area contributed by atoms with Crippen LogP contribution in [0.1, 0.15) is 57.5 Å². The summed E-state index contributed by atoms with van der Waals surface area (Å²) in [5, 5.41) is 13.6. The normalized spacial score (nSPS) is 22.1. The van der Waals surface area contributed by atoms with Gasteiger partial charge in [0.1, 0.15) is 6.04 Å². The number of rotatable bonds is 4. The lowest BCUT2D eigenvalue weighted by molar-refractivity contribution is -0.136. The van der Waals surface area contributed by atoms with Crippen molar-refractivity contribution in [2.24, 2.45) is 0 Å². The summed E-state index contributed by atoms with van der Waals surface area (Å²) in [6.45, 7) is 9.06. The highest BCUT2D eigenvalue weighted by atomic mass is 16.3. The number of piperidine rings is 2. The van der Waals surface area contributed by atoms with Crippen molar-refractivity contribution >= 4 is 29.3 Å². The molecule has 9 heteroatoms. The highest BCUT2D eigenvalue weighted by molar-refractivity contribution is 6.23. The maximum Gasteiger partial charge on any atom is 0.262 e. The van der Waals surface area contributed by atoms with E-state index in [0.717, 1.165) is 10.5 Å². The first kappa shape index (κ1) is 22.9. The Hall–Kier alpha value is -3.87. The molecule has 1 unspecified atom stereocenters. The number of carbonyl (C=O) groups excluding carboxylic acids is 4. The van der Waals surface area contributed by atoms with Gasteiger partial charge in [-0.2, -0.15) is 0 Å². The number of hydrogen-bond acceptors (Lipinski definition) is 6. The number of carbonyl (C=O) groups is 4. The molecule has 3 aliphatic rings. The zero-order chi connectivity index (χ0) is 24.7. The van der Waals surface area contributed by atoms with Crippen molar-refractivity contribution in [3.05, 3.63) is 76.1 Å². The molecule has 0 aromatic heterocycles. The third-order valence-electron chi connectivity index (χ3n) is 7.13. The van der Waals surface area contributed by atoms with Gasteiger partial charge in [0.15, 0.2) is 5.69 Å². The van der Waals surface area contributed by atoms with Gasteiger partial charge in [-0.25, -0.2) is 4.85 Å². The van der Waals surface area contributed by atoms with Crippen LogP contribution in [-0.4, -0.2) is 57.7 Å². The molecular weight excluding hydrogens is 448 g/mol. The molecule has 0 aliphatic carbocycles. The van der Waals surface area contributed by atoms with Crippen molar-refractivity contribution in [1.29, 1.82) is 0 Å². The van der Waals surface area contributed by atoms with Gasteiger partial charge >= 0.3 is 0 Å². The summed E-state index contributed by atoms with van der Waals surface area (Å²) in [5.41, 5.74) is 1.51. The zero-order valence-corrected chi connectivity index (χ0v) is 19.0. The van der Waals surface area contributed by atoms with Crippen LogP contribution in [0.25, 0.3) is 4.85 Å². The fourth-order valence-electron chi connectivity index (χ4n) is 5.06. The Morgan fingerprint density at radius 2 is 1.69 bits per heavy atom. The van der Waals surface area contributed by atoms with Crippen molar-refractivity contribution in [1.82, 2.24) is 15.1 Å². The van der Waals surface area contributed by atoms with Gasteiger partial charge in [-0.15, -0.1) is 0 Å². The third-order valence-corrected chi connectivity index (χ3v) is 7.13. The number of fused-ring (bicyclic) bond motifs is 1. The highest BCUT2D eigenvalue weighted by Crippen LogP contribution is 2.36. The molecule has 35 heavy (non-hydrogen) atoms. The van der Waals surface area contributed by atoms with Crippen LogP contribution in [0.3, 0.4) is 0 Å². The molecule has 0 radical (unpaired) electrons. The summed E-state index contributed by atoms with van der Waals surface area (Å²) < 4.78 is 0. The quantitative estimate of drug-likeness (QED) is 0.521. The average Bonchev–Trinajstić information content (AvgIpc) is 3.11. The Morgan fingerprint density at radius 1 is 1.00 bits per heavy atom. The second-order valence-electron chi connectivity index (χ2n) is 9.29. The van der Waals surface area contributed by atoms with Crippen molar-refractivity contribution in [2.45, 2.75) is 43.9 Å². The number of likely N-dealkylation sites (tertiary alicyclic amines) is 1. The first-order valence-corrected chi connectivity index (χ1v) is 11.6. The van der Waals surface area contributed by atoms with Crippen LogP contribution in [0.4, 0.5) is 5.69 Å². The predicted octanol–water partition coefficient (Wildman–Crippen LogP) is 2.12. The molecule has 5 rings (SSSR count). The molecule has 2 fully saturated rings. The minimum atomic E-state index is -1.13. The van der Waals surface area contributed by atoms with Crippen molar-refractivity contribution in [3.8, 4) is 0 Å². The molecule has 3 aliphatic heterocycles. The predicted molar refractivity (Wildman–Crippen MR) is 124 cm³/mol. The largest absolute Gasteiger partial charge is 0.385 e. The van der Waals surface area contributed by atoms with Crippen LogP contribution in [0.2, 0.25) is 0 Å². The maximum absolute atomic E-state index is 13.1. The van der Waals surface area contributed by atoms with Crippen LogP contribution < -0.4 is 5.32 Å². The van der Waals surface area contributed by atoms with Gasteiger partial charge in [-0.3, -0.25) is 34.3 Å². The van der Waals surface area contributed by atoms with E-state index in [1.54, 1.807) is 30.3 Å². The third kappa shape index (κ3) is 4.11. The van der Waals surface area contributed by atoms with E-state index in [0.29, 0.717) is 43.7 Å². The summed E-state index contributed by atoms with van der Waals surface area (Å²) in [7, 11) is 0. The van der Waals surface area contributed by atoms with Crippen LogP contribution in [-0.2, 0) is 21.7 Å². The van der Waals surface area contributed by atoms with Gasteiger partial charge in [0.05, 0.1) is 23.3 Å². The second kappa shape index (κ2) is 8.73. The number of hydrogen-bond donors (Lipinski definition) is 2. The molecule has 1 atom stereocenters. The van der Waals surface area contributed by atoms with E-state index >= 15 is 0 Å².